The molecule has 0 bridgehead atoms. The van der Waals surface area contributed by atoms with E-state index >= 15 is 0 Å². The molecule has 0 spiro atoms. The standard InChI is InChI=1S/C17H23NO4S/c19-17(22-15-8-2-1-3-9-15)14-7-6-10-16(13-14)23(20,21)18-11-4-5-12-18/h6-7,10,13,15H,1-5,8-9,11-12H2. The van der Waals surface area contributed by atoms with Gasteiger partial charge in [0.05, 0.1) is 10.5 Å². The summed E-state index contributed by atoms with van der Waals surface area (Å²) in [5.41, 5.74) is 0.316. The van der Waals surface area contributed by atoms with Gasteiger partial charge in [-0.1, -0.05) is 12.5 Å². The highest BCUT2D eigenvalue weighted by molar-refractivity contribution is 7.89. The number of hydrogen-bond donors (Lipinski definition) is 0. The van der Waals surface area contributed by atoms with Gasteiger partial charge in [0.15, 0.2) is 0 Å². The Morgan fingerprint density at radius 3 is 2.43 bits per heavy atom. The van der Waals surface area contributed by atoms with Gasteiger partial charge in [0.25, 0.3) is 0 Å². The van der Waals surface area contributed by atoms with Gasteiger partial charge in [0.2, 0.25) is 10.0 Å². The molecular formula is C17H23NO4S. The summed E-state index contributed by atoms with van der Waals surface area (Å²) < 4.78 is 32.2. The molecule has 1 saturated carbocycles. The molecule has 1 saturated heterocycles. The summed E-state index contributed by atoms with van der Waals surface area (Å²) in [4.78, 5) is 12.5. The fourth-order valence-electron chi connectivity index (χ4n) is 3.26. The minimum Gasteiger partial charge on any atom is -0.459 e. The van der Waals surface area contributed by atoms with E-state index in [2.05, 4.69) is 0 Å². The normalized spacial score (nSPS) is 20.5. The van der Waals surface area contributed by atoms with Gasteiger partial charge in [0.1, 0.15) is 6.10 Å². The highest BCUT2D eigenvalue weighted by Gasteiger charge is 2.28. The van der Waals surface area contributed by atoms with Crippen molar-refractivity contribution < 1.29 is 17.9 Å². The lowest BCUT2D eigenvalue weighted by Crippen LogP contribution is -2.28. The molecule has 23 heavy (non-hydrogen) atoms. The maximum absolute atomic E-state index is 12.6. The van der Waals surface area contributed by atoms with Crippen LogP contribution < -0.4 is 0 Å². The molecule has 0 N–H and O–H groups in total. The van der Waals surface area contributed by atoms with Gasteiger partial charge in [-0.05, 0) is 56.7 Å². The average Bonchev–Trinajstić information content (AvgIpc) is 3.11. The molecule has 2 aliphatic rings. The Morgan fingerprint density at radius 1 is 1.04 bits per heavy atom. The lowest BCUT2D eigenvalue weighted by atomic mass is 9.98. The van der Waals surface area contributed by atoms with Gasteiger partial charge >= 0.3 is 5.97 Å². The van der Waals surface area contributed by atoms with Crippen molar-refractivity contribution in [3.8, 4) is 0 Å². The van der Waals surface area contributed by atoms with Gasteiger partial charge < -0.3 is 4.74 Å². The van der Waals surface area contributed by atoms with Crippen LogP contribution in [0.2, 0.25) is 0 Å². The number of hydrogen-bond acceptors (Lipinski definition) is 4. The van der Waals surface area contributed by atoms with Crippen LogP contribution in [0.25, 0.3) is 0 Å². The quantitative estimate of drug-likeness (QED) is 0.793. The van der Waals surface area contributed by atoms with Crippen LogP contribution in [0.5, 0.6) is 0 Å². The highest BCUT2D eigenvalue weighted by atomic mass is 32.2. The Bertz CT molecular complexity index is 659. The molecular weight excluding hydrogens is 314 g/mol. The van der Waals surface area contributed by atoms with E-state index in [-0.39, 0.29) is 11.0 Å². The van der Waals surface area contributed by atoms with E-state index in [1.54, 1.807) is 18.2 Å². The molecule has 1 aliphatic heterocycles. The van der Waals surface area contributed by atoms with Crippen LogP contribution in [0.3, 0.4) is 0 Å². The second-order valence-corrected chi connectivity index (χ2v) is 8.24. The van der Waals surface area contributed by atoms with Crippen molar-refractivity contribution >= 4 is 16.0 Å². The summed E-state index contributed by atoms with van der Waals surface area (Å²) in [6.07, 6.45) is 6.91. The van der Waals surface area contributed by atoms with Crippen LogP contribution in [0.15, 0.2) is 29.2 Å². The number of carbonyl (C=O) groups excluding carboxylic acids is 1. The number of carbonyl (C=O) groups is 1. The summed E-state index contributed by atoms with van der Waals surface area (Å²) >= 11 is 0. The van der Waals surface area contributed by atoms with E-state index < -0.39 is 16.0 Å². The monoisotopic (exact) mass is 337 g/mol. The van der Waals surface area contributed by atoms with E-state index in [0.29, 0.717) is 18.7 Å². The number of rotatable bonds is 4. The van der Waals surface area contributed by atoms with E-state index in [9.17, 15) is 13.2 Å². The summed E-state index contributed by atoms with van der Waals surface area (Å²) in [6.45, 7) is 1.11. The first-order valence-electron chi connectivity index (χ1n) is 8.38. The molecule has 6 heteroatoms. The van der Waals surface area contributed by atoms with Crippen LogP contribution in [0.1, 0.15) is 55.3 Å². The Hall–Kier alpha value is -1.40. The fraction of sp³-hybridized carbons (Fsp3) is 0.588. The van der Waals surface area contributed by atoms with E-state index in [1.807, 2.05) is 0 Å². The molecule has 126 valence electrons. The molecule has 0 amide bonds. The zero-order valence-corrected chi connectivity index (χ0v) is 14.1. The van der Waals surface area contributed by atoms with Crippen molar-refractivity contribution in [2.75, 3.05) is 13.1 Å². The molecule has 1 aliphatic carbocycles. The van der Waals surface area contributed by atoms with Crippen molar-refractivity contribution in [1.82, 2.24) is 4.31 Å². The maximum atomic E-state index is 12.6. The molecule has 0 radical (unpaired) electrons. The van der Waals surface area contributed by atoms with Crippen molar-refractivity contribution in [2.24, 2.45) is 0 Å². The first-order chi connectivity index (χ1) is 11.1. The Kier molecular flexibility index (Phi) is 5.02. The molecule has 1 aromatic rings. The zero-order valence-electron chi connectivity index (χ0n) is 13.2. The van der Waals surface area contributed by atoms with Crippen LogP contribution in [0.4, 0.5) is 0 Å². The maximum Gasteiger partial charge on any atom is 0.338 e. The second kappa shape index (κ2) is 7.01. The first kappa shape index (κ1) is 16.5. The van der Waals surface area contributed by atoms with Crippen molar-refractivity contribution in [3.05, 3.63) is 29.8 Å². The van der Waals surface area contributed by atoms with Crippen LogP contribution in [-0.2, 0) is 14.8 Å². The summed E-state index contributed by atoms with van der Waals surface area (Å²) in [5, 5.41) is 0. The number of nitrogens with zero attached hydrogens (tertiary/aromatic N) is 1. The number of benzene rings is 1. The van der Waals surface area contributed by atoms with E-state index in [4.69, 9.17) is 4.74 Å². The predicted molar refractivity (Wildman–Crippen MR) is 86.7 cm³/mol. The molecule has 3 rings (SSSR count). The lowest BCUT2D eigenvalue weighted by molar-refractivity contribution is 0.0211. The van der Waals surface area contributed by atoms with Crippen molar-refractivity contribution in [2.45, 2.75) is 55.9 Å². The number of esters is 1. The van der Waals surface area contributed by atoms with Crippen LogP contribution in [-0.4, -0.2) is 37.9 Å². The molecule has 5 nitrogen and oxygen atoms in total. The molecule has 2 fully saturated rings. The highest BCUT2D eigenvalue weighted by Crippen LogP contribution is 2.24. The molecule has 0 unspecified atom stereocenters. The first-order valence-corrected chi connectivity index (χ1v) is 9.82. The van der Waals surface area contributed by atoms with Gasteiger partial charge in [0, 0.05) is 13.1 Å². The third kappa shape index (κ3) is 3.75. The Morgan fingerprint density at radius 2 is 1.74 bits per heavy atom. The molecule has 1 aromatic carbocycles. The topological polar surface area (TPSA) is 63.7 Å². The number of ether oxygens (including phenoxy) is 1. The zero-order chi connectivity index (χ0) is 16.3. The number of sulfonamides is 1. The van der Waals surface area contributed by atoms with Crippen molar-refractivity contribution in [1.29, 1.82) is 0 Å². The van der Waals surface area contributed by atoms with Crippen LogP contribution in [0, 0.1) is 0 Å². The Labute approximate surface area is 137 Å². The van der Waals surface area contributed by atoms with E-state index in [1.165, 1.54) is 16.8 Å². The van der Waals surface area contributed by atoms with Gasteiger partial charge in [-0.25, -0.2) is 13.2 Å². The third-order valence-electron chi connectivity index (χ3n) is 4.60. The second-order valence-electron chi connectivity index (χ2n) is 6.30. The summed E-state index contributed by atoms with van der Waals surface area (Å²) in [5.74, 6) is -0.421. The summed E-state index contributed by atoms with van der Waals surface area (Å²) in [6, 6.07) is 6.22. The largest absolute Gasteiger partial charge is 0.459 e. The molecule has 0 aromatic heterocycles. The third-order valence-corrected chi connectivity index (χ3v) is 6.49. The Balaban J connectivity index is 1.75. The smallest absolute Gasteiger partial charge is 0.338 e. The van der Waals surface area contributed by atoms with Gasteiger partial charge in [-0.2, -0.15) is 4.31 Å². The SMILES string of the molecule is O=C(OC1CCCCC1)c1cccc(S(=O)(=O)N2CCCC2)c1. The lowest BCUT2D eigenvalue weighted by Gasteiger charge is -2.22. The minimum absolute atomic E-state index is 0.0323. The fourth-order valence-corrected chi connectivity index (χ4v) is 4.83. The van der Waals surface area contributed by atoms with Crippen molar-refractivity contribution in [3.63, 3.8) is 0 Å². The van der Waals surface area contributed by atoms with Gasteiger partial charge in [-0.3, -0.25) is 0 Å². The van der Waals surface area contributed by atoms with E-state index in [0.717, 1.165) is 38.5 Å². The van der Waals surface area contributed by atoms with Gasteiger partial charge in [-0.15, -0.1) is 0 Å². The molecule has 0 atom stereocenters. The van der Waals surface area contributed by atoms with Crippen LogP contribution >= 0.6 is 0 Å². The minimum atomic E-state index is -3.50. The molecule has 1 heterocycles. The predicted octanol–water partition coefficient (Wildman–Crippen LogP) is 2.96. The summed E-state index contributed by atoms with van der Waals surface area (Å²) in [7, 11) is -3.50. The average molecular weight is 337 g/mol.